The smallest absolute Gasteiger partial charge is 0.341 e. The van der Waals surface area contributed by atoms with Crippen molar-refractivity contribution in [1.29, 1.82) is 0 Å². The van der Waals surface area contributed by atoms with E-state index < -0.39 is 5.97 Å². The van der Waals surface area contributed by atoms with E-state index in [1.165, 1.54) is 7.11 Å². The minimum absolute atomic E-state index is 0.00639. The van der Waals surface area contributed by atoms with Crippen molar-refractivity contribution in [3.8, 4) is 5.75 Å². The van der Waals surface area contributed by atoms with Crippen molar-refractivity contribution < 1.29 is 19.4 Å². The molecule has 4 nitrogen and oxygen atoms in total. The van der Waals surface area contributed by atoms with E-state index in [-0.39, 0.29) is 18.6 Å². The molecule has 0 aliphatic rings. The van der Waals surface area contributed by atoms with Crippen molar-refractivity contribution in [2.45, 2.75) is 32.6 Å². The monoisotopic (exact) mass is 266 g/mol. The molecule has 0 aliphatic heterocycles. The van der Waals surface area contributed by atoms with Crippen LogP contribution in [-0.4, -0.2) is 31.4 Å². The molecule has 0 aliphatic carbocycles. The summed E-state index contributed by atoms with van der Waals surface area (Å²) < 4.78 is 10.3. The van der Waals surface area contributed by atoms with Gasteiger partial charge in [-0.2, -0.15) is 0 Å². The first-order chi connectivity index (χ1) is 8.90. The topological polar surface area (TPSA) is 55.8 Å². The minimum Gasteiger partial charge on any atom is -0.496 e. The number of carbonyl (C=O) groups is 1. The fourth-order valence-electron chi connectivity index (χ4n) is 1.64. The third-order valence-electron chi connectivity index (χ3n) is 2.82. The summed E-state index contributed by atoms with van der Waals surface area (Å²) in [5.74, 6) is 0.0819. The summed E-state index contributed by atoms with van der Waals surface area (Å²) in [6.07, 6.45) is 0.438. The highest BCUT2D eigenvalue weighted by atomic mass is 16.5. The van der Waals surface area contributed by atoms with Crippen molar-refractivity contribution in [2.24, 2.45) is 0 Å². The van der Waals surface area contributed by atoms with E-state index in [9.17, 15) is 4.79 Å². The van der Waals surface area contributed by atoms with Crippen molar-refractivity contribution >= 4 is 5.97 Å². The molecule has 0 aromatic heterocycles. The summed E-state index contributed by atoms with van der Waals surface area (Å²) >= 11 is 0. The molecule has 0 bridgehead atoms. The normalized spacial score (nSPS) is 11.2. The summed E-state index contributed by atoms with van der Waals surface area (Å²) in [4.78, 5) is 12.0. The molecule has 1 N–H and O–H groups in total. The number of aliphatic hydroxyl groups excluding tert-OH is 1. The van der Waals surface area contributed by atoms with Gasteiger partial charge < -0.3 is 14.6 Å². The van der Waals surface area contributed by atoms with Crippen LogP contribution in [0, 0.1) is 0 Å². The van der Waals surface area contributed by atoms with E-state index in [2.05, 4.69) is 20.8 Å². The zero-order valence-corrected chi connectivity index (χ0v) is 12.0. The van der Waals surface area contributed by atoms with E-state index >= 15 is 0 Å². The Labute approximate surface area is 114 Å². The minimum atomic E-state index is -0.420. The lowest BCUT2D eigenvalue weighted by atomic mass is 9.86. The predicted octanol–water partition coefficient (Wildman–Crippen LogP) is 2.53. The van der Waals surface area contributed by atoms with Gasteiger partial charge in [-0.1, -0.05) is 26.8 Å². The molecule has 1 rings (SSSR count). The van der Waals surface area contributed by atoms with Crippen molar-refractivity contribution in [2.75, 3.05) is 20.3 Å². The zero-order valence-electron chi connectivity index (χ0n) is 12.0. The van der Waals surface area contributed by atoms with Gasteiger partial charge in [-0.25, -0.2) is 4.79 Å². The van der Waals surface area contributed by atoms with Crippen LogP contribution in [0.2, 0.25) is 0 Å². The van der Waals surface area contributed by atoms with Gasteiger partial charge >= 0.3 is 5.97 Å². The molecule has 0 fully saturated rings. The molecule has 0 amide bonds. The molecule has 0 saturated heterocycles. The number of methoxy groups -OCH3 is 1. The summed E-state index contributed by atoms with van der Waals surface area (Å²) in [5, 5.41) is 8.69. The lowest BCUT2D eigenvalue weighted by Crippen LogP contribution is -2.14. The molecule has 19 heavy (non-hydrogen) atoms. The fourth-order valence-corrected chi connectivity index (χ4v) is 1.64. The molecule has 0 unspecified atom stereocenters. The molecular formula is C15H22O4. The summed E-state index contributed by atoms with van der Waals surface area (Å²) in [6, 6.07) is 5.53. The maximum atomic E-state index is 12.0. The molecule has 0 radical (unpaired) electrons. The molecule has 4 heteroatoms. The summed E-state index contributed by atoms with van der Waals surface area (Å²) in [6.45, 7) is 6.45. The average molecular weight is 266 g/mol. The van der Waals surface area contributed by atoms with E-state index in [0.29, 0.717) is 17.7 Å². The highest BCUT2D eigenvalue weighted by Crippen LogP contribution is 2.28. The van der Waals surface area contributed by atoms with Crippen LogP contribution in [-0.2, 0) is 10.2 Å². The highest BCUT2D eigenvalue weighted by molar-refractivity contribution is 5.92. The molecule has 0 heterocycles. The Balaban J connectivity index is 2.99. The Morgan fingerprint density at radius 1 is 1.32 bits per heavy atom. The Hall–Kier alpha value is -1.55. The van der Waals surface area contributed by atoms with Crippen molar-refractivity contribution in [1.82, 2.24) is 0 Å². The number of aliphatic hydroxyl groups is 1. The van der Waals surface area contributed by atoms with E-state index in [0.717, 1.165) is 5.56 Å². The number of rotatable bonds is 5. The third kappa shape index (κ3) is 4.24. The Bertz CT molecular complexity index is 432. The number of ether oxygens (including phenoxy) is 2. The number of hydrogen-bond donors (Lipinski definition) is 1. The standard InChI is InChI=1S/C15H22O4/c1-15(2,3)11-6-7-13(18-4)12(10-11)14(17)19-9-5-8-16/h6-7,10,16H,5,8-9H2,1-4H3. The molecule has 0 saturated carbocycles. The van der Waals surface area contributed by atoms with Crippen molar-refractivity contribution in [3.05, 3.63) is 29.3 Å². The number of carbonyl (C=O) groups excluding carboxylic acids is 1. The molecule has 106 valence electrons. The largest absolute Gasteiger partial charge is 0.496 e. The lowest BCUT2D eigenvalue weighted by molar-refractivity contribution is 0.0478. The molecule has 1 aromatic rings. The molecule has 1 aromatic carbocycles. The second-order valence-electron chi connectivity index (χ2n) is 5.38. The zero-order chi connectivity index (χ0) is 14.5. The first kappa shape index (κ1) is 15.5. The maximum absolute atomic E-state index is 12.0. The van der Waals surface area contributed by atoms with E-state index in [1.54, 1.807) is 12.1 Å². The van der Waals surface area contributed by atoms with Crippen LogP contribution in [0.1, 0.15) is 43.1 Å². The fraction of sp³-hybridized carbons (Fsp3) is 0.533. The lowest BCUT2D eigenvalue weighted by Gasteiger charge is -2.20. The number of hydrogen-bond acceptors (Lipinski definition) is 4. The van der Waals surface area contributed by atoms with Crippen LogP contribution in [0.25, 0.3) is 0 Å². The van der Waals surface area contributed by atoms with E-state index in [1.807, 2.05) is 6.07 Å². The maximum Gasteiger partial charge on any atom is 0.341 e. The van der Waals surface area contributed by atoms with Crippen molar-refractivity contribution in [3.63, 3.8) is 0 Å². The van der Waals surface area contributed by atoms with Gasteiger partial charge in [-0.3, -0.25) is 0 Å². The van der Waals surface area contributed by atoms with E-state index in [4.69, 9.17) is 14.6 Å². The van der Waals surface area contributed by atoms with Gasteiger partial charge in [0.2, 0.25) is 0 Å². The third-order valence-corrected chi connectivity index (χ3v) is 2.82. The average Bonchev–Trinajstić information content (AvgIpc) is 2.37. The first-order valence-electron chi connectivity index (χ1n) is 6.36. The Kier molecular flexibility index (Phi) is 5.36. The van der Waals surface area contributed by atoms with Gasteiger partial charge in [0.25, 0.3) is 0 Å². The molecular weight excluding hydrogens is 244 g/mol. The highest BCUT2D eigenvalue weighted by Gasteiger charge is 2.20. The second kappa shape index (κ2) is 6.57. The first-order valence-corrected chi connectivity index (χ1v) is 6.36. The van der Waals surface area contributed by atoms with Gasteiger partial charge in [-0.05, 0) is 23.1 Å². The molecule has 0 spiro atoms. The van der Waals surface area contributed by atoms with Gasteiger partial charge in [0.05, 0.1) is 13.7 Å². The Morgan fingerprint density at radius 2 is 2.00 bits per heavy atom. The van der Waals surface area contributed by atoms with Gasteiger partial charge in [-0.15, -0.1) is 0 Å². The summed E-state index contributed by atoms with van der Waals surface area (Å²) in [5.41, 5.74) is 1.42. The number of esters is 1. The van der Waals surface area contributed by atoms with Gasteiger partial charge in [0.1, 0.15) is 11.3 Å². The van der Waals surface area contributed by atoms with Gasteiger partial charge in [0, 0.05) is 13.0 Å². The SMILES string of the molecule is COc1ccc(C(C)(C)C)cc1C(=O)OCCCO. The van der Waals surface area contributed by atoms with Gasteiger partial charge in [0.15, 0.2) is 0 Å². The Morgan fingerprint density at radius 3 is 2.53 bits per heavy atom. The van der Waals surface area contributed by atoms with Crippen LogP contribution in [0.15, 0.2) is 18.2 Å². The van der Waals surface area contributed by atoms with Crippen LogP contribution in [0.4, 0.5) is 0 Å². The second-order valence-corrected chi connectivity index (χ2v) is 5.38. The van der Waals surface area contributed by atoms with Crippen LogP contribution >= 0.6 is 0 Å². The summed E-state index contributed by atoms with van der Waals surface area (Å²) in [7, 11) is 1.52. The van der Waals surface area contributed by atoms with Crippen LogP contribution in [0.5, 0.6) is 5.75 Å². The van der Waals surface area contributed by atoms with Crippen LogP contribution in [0.3, 0.4) is 0 Å². The number of benzene rings is 1. The van der Waals surface area contributed by atoms with Crippen LogP contribution < -0.4 is 4.74 Å². The quantitative estimate of drug-likeness (QED) is 0.657. The predicted molar refractivity (Wildman–Crippen MR) is 73.7 cm³/mol. The molecule has 0 atom stereocenters.